The van der Waals surface area contributed by atoms with Crippen LogP contribution in [0.1, 0.15) is 13.8 Å². The Morgan fingerprint density at radius 1 is 1.18 bits per heavy atom. The summed E-state index contributed by atoms with van der Waals surface area (Å²) in [6.07, 6.45) is 5.15. The van der Waals surface area contributed by atoms with Gasteiger partial charge in [0.1, 0.15) is 0 Å². The second kappa shape index (κ2) is 10.2. The summed E-state index contributed by atoms with van der Waals surface area (Å²) >= 11 is 0. The van der Waals surface area contributed by atoms with Crippen LogP contribution in [0.15, 0.2) is 53.5 Å². The normalized spacial score (nSPS) is 16.9. The lowest BCUT2D eigenvalue weighted by atomic mass is 10.3. The molecule has 8 nitrogen and oxygen atoms in total. The number of hydrogen-bond donors (Lipinski definition) is 1. The largest absolute Gasteiger partial charge is 0.449 e. The summed E-state index contributed by atoms with van der Waals surface area (Å²) in [6, 6.07) is 5.84. The van der Waals surface area contributed by atoms with E-state index >= 15 is 0 Å². The van der Waals surface area contributed by atoms with E-state index in [0.717, 1.165) is 0 Å². The van der Waals surface area contributed by atoms with Gasteiger partial charge in [-0.3, -0.25) is 4.79 Å². The number of morpholine rings is 1. The van der Waals surface area contributed by atoms with E-state index in [1.54, 1.807) is 12.2 Å². The van der Waals surface area contributed by atoms with Gasteiger partial charge in [0.25, 0.3) is 5.91 Å². The molecular weight excluding hydrogens is 384 g/mol. The summed E-state index contributed by atoms with van der Waals surface area (Å²) in [5.74, 6) is -1.15. The van der Waals surface area contributed by atoms with Crippen molar-refractivity contribution in [2.24, 2.45) is 0 Å². The van der Waals surface area contributed by atoms with Crippen LogP contribution in [0, 0.1) is 0 Å². The van der Waals surface area contributed by atoms with Gasteiger partial charge in [0.2, 0.25) is 10.0 Å². The van der Waals surface area contributed by atoms with E-state index in [0.29, 0.717) is 32.0 Å². The number of sulfonamides is 1. The molecule has 1 aliphatic heterocycles. The highest BCUT2D eigenvalue weighted by molar-refractivity contribution is 7.89. The first kappa shape index (κ1) is 21.8. The molecule has 1 aromatic rings. The second-order valence-corrected chi connectivity index (χ2v) is 7.93. The fraction of sp³-hybridized carbons (Fsp3) is 0.368. The number of allylic oxidation sites excluding steroid dienone is 3. The Kier molecular flexibility index (Phi) is 7.91. The standard InChI is InChI=1S/C19H24N2O6S/c1-3-4-5-6-18(22)27-15(2)19(23)20-16-7-9-17(10-8-16)28(24,25)21-11-13-26-14-12-21/h3-10,15H,11-14H2,1-2H3,(H,20,23)/b4-3+,6-5+/t15-/m0/s1. The molecule has 1 heterocycles. The molecule has 9 heteroatoms. The number of esters is 1. The van der Waals surface area contributed by atoms with Crippen molar-refractivity contribution in [2.45, 2.75) is 24.8 Å². The monoisotopic (exact) mass is 408 g/mol. The zero-order valence-electron chi connectivity index (χ0n) is 15.8. The minimum atomic E-state index is -3.59. The van der Waals surface area contributed by atoms with Crippen LogP contribution in [0.5, 0.6) is 0 Å². The lowest BCUT2D eigenvalue weighted by Crippen LogP contribution is -2.40. The summed E-state index contributed by atoms with van der Waals surface area (Å²) in [6.45, 7) is 4.62. The Bertz CT molecular complexity index is 840. The van der Waals surface area contributed by atoms with Crippen molar-refractivity contribution in [3.63, 3.8) is 0 Å². The van der Waals surface area contributed by atoms with Gasteiger partial charge in [0.15, 0.2) is 6.10 Å². The highest BCUT2D eigenvalue weighted by atomic mass is 32.2. The van der Waals surface area contributed by atoms with Crippen molar-refractivity contribution in [1.82, 2.24) is 4.31 Å². The van der Waals surface area contributed by atoms with E-state index in [2.05, 4.69) is 5.32 Å². The van der Waals surface area contributed by atoms with Gasteiger partial charge in [-0.2, -0.15) is 4.31 Å². The number of carbonyl (C=O) groups excluding carboxylic acids is 2. The van der Waals surface area contributed by atoms with Crippen LogP contribution in [0.2, 0.25) is 0 Å². The van der Waals surface area contributed by atoms with E-state index < -0.39 is 28.0 Å². The van der Waals surface area contributed by atoms with Crippen molar-refractivity contribution in [3.8, 4) is 0 Å². The smallest absolute Gasteiger partial charge is 0.331 e. The number of hydrogen-bond acceptors (Lipinski definition) is 6. The topological polar surface area (TPSA) is 102 Å². The number of anilines is 1. The first-order valence-corrected chi connectivity index (χ1v) is 10.3. The summed E-state index contributed by atoms with van der Waals surface area (Å²) in [5.41, 5.74) is 0.401. The molecule has 1 aromatic carbocycles. The van der Waals surface area contributed by atoms with Crippen LogP contribution in [0.4, 0.5) is 5.69 Å². The van der Waals surface area contributed by atoms with Gasteiger partial charge in [-0.15, -0.1) is 0 Å². The zero-order chi connectivity index (χ0) is 20.6. The Morgan fingerprint density at radius 2 is 1.82 bits per heavy atom. The molecule has 0 unspecified atom stereocenters. The summed E-state index contributed by atoms with van der Waals surface area (Å²) in [5, 5.41) is 2.59. The van der Waals surface area contributed by atoms with Gasteiger partial charge in [0, 0.05) is 24.9 Å². The predicted octanol–water partition coefficient (Wildman–Crippen LogP) is 1.71. The third-order valence-electron chi connectivity index (χ3n) is 3.93. The molecule has 0 bridgehead atoms. The predicted molar refractivity (Wildman–Crippen MR) is 104 cm³/mol. The van der Waals surface area contributed by atoms with Crippen molar-refractivity contribution in [3.05, 3.63) is 48.6 Å². The van der Waals surface area contributed by atoms with E-state index in [1.807, 2.05) is 6.92 Å². The average molecular weight is 408 g/mol. The van der Waals surface area contributed by atoms with Crippen molar-refractivity contribution < 1.29 is 27.5 Å². The van der Waals surface area contributed by atoms with Crippen LogP contribution in [-0.4, -0.2) is 57.0 Å². The first-order valence-electron chi connectivity index (χ1n) is 8.83. The number of amides is 1. The molecule has 1 fully saturated rings. The molecule has 1 N–H and O–H groups in total. The lowest BCUT2D eigenvalue weighted by molar-refractivity contribution is -0.148. The van der Waals surface area contributed by atoms with Gasteiger partial charge in [0.05, 0.1) is 18.1 Å². The van der Waals surface area contributed by atoms with Crippen LogP contribution in [0.25, 0.3) is 0 Å². The molecule has 152 valence electrons. The second-order valence-electron chi connectivity index (χ2n) is 5.99. The van der Waals surface area contributed by atoms with Gasteiger partial charge < -0.3 is 14.8 Å². The highest BCUT2D eigenvalue weighted by Crippen LogP contribution is 2.19. The van der Waals surface area contributed by atoms with Crippen LogP contribution in [-0.2, 0) is 29.1 Å². The van der Waals surface area contributed by atoms with E-state index in [4.69, 9.17) is 9.47 Å². The molecule has 1 aliphatic rings. The first-order chi connectivity index (χ1) is 13.3. The number of nitrogens with one attached hydrogen (secondary N) is 1. The van der Waals surface area contributed by atoms with Crippen LogP contribution >= 0.6 is 0 Å². The number of rotatable bonds is 7. The van der Waals surface area contributed by atoms with Crippen molar-refractivity contribution in [2.75, 3.05) is 31.6 Å². The maximum atomic E-state index is 12.6. The Labute approximate surface area is 164 Å². The van der Waals surface area contributed by atoms with Gasteiger partial charge in [-0.25, -0.2) is 13.2 Å². The van der Waals surface area contributed by atoms with Crippen LogP contribution in [0.3, 0.4) is 0 Å². The molecule has 1 amide bonds. The molecule has 28 heavy (non-hydrogen) atoms. The molecule has 0 aliphatic carbocycles. The minimum absolute atomic E-state index is 0.140. The van der Waals surface area contributed by atoms with E-state index in [1.165, 1.54) is 47.6 Å². The number of nitrogens with zero attached hydrogens (tertiary/aromatic N) is 1. The van der Waals surface area contributed by atoms with Gasteiger partial charge in [-0.05, 0) is 38.1 Å². The molecule has 0 aromatic heterocycles. The molecule has 1 atom stereocenters. The maximum Gasteiger partial charge on any atom is 0.331 e. The van der Waals surface area contributed by atoms with Crippen LogP contribution < -0.4 is 5.32 Å². The van der Waals surface area contributed by atoms with Gasteiger partial charge in [-0.1, -0.05) is 18.2 Å². The maximum absolute atomic E-state index is 12.6. The molecule has 2 rings (SSSR count). The summed E-state index contributed by atoms with van der Waals surface area (Å²) < 4.78 is 36.7. The summed E-state index contributed by atoms with van der Waals surface area (Å²) in [7, 11) is -3.59. The van der Waals surface area contributed by atoms with Crippen molar-refractivity contribution in [1.29, 1.82) is 0 Å². The Balaban J connectivity index is 1.96. The molecular formula is C19H24N2O6S. The Hall–Kier alpha value is -2.49. The van der Waals surface area contributed by atoms with E-state index in [-0.39, 0.29) is 4.90 Å². The SMILES string of the molecule is C/C=C/C=C/C(=O)O[C@@H](C)C(=O)Nc1ccc(S(=O)(=O)N2CCOCC2)cc1. The fourth-order valence-corrected chi connectivity index (χ4v) is 3.81. The number of benzene rings is 1. The molecule has 0 radical (unpaired) electrons. The highest BCUT2D eigenvalue weighted by Gasteiger charge is 2.26. The number of carbonyl (C=O) groups is 2. The fourth-order valence-electron chi connectivity index (χ4n) is 2.40. The lowest BCUT2D eigenvalue weighted by Gasteiger charge is -2.26. The third kappa shape index (κ3) is 6.01. The molecule has 0 spiro atoms. The molecule has 1 saturated heterocycles. The van der Waals surface area contributed by atoms with Gasteiger partial charge >= 0.3 is 5.97 Å². The molecule has 0 saturated carbocycles. The van der Waals surface area contributed by atoms with Crippen molar-refractivity contribution >= 4 is 27.6 Å². The zero-order valence-corrected chi connectivity index (χ0v) is 16.6. The quantitative estimate of drug-likeness (QED) is 0.419. The average Bonchev–Trinajstić information content (AvgIpc) is 2.69. The Morgan fingerprint density at radius 3 is 2.43 bits per heavy atom. The third-order valence-corrected chi connectivity index (χ3v) is 5.84. The minimum Gasteiger partial charge on any atom is -0.449 e. The summed E-state index contributed by atoms with van der Waals surface area (Å²) in [4.78, 5) is 23.9. The van der Waals surface area contributed by atoms with E-state index in [9.17, 15) is 18.0 Å². The number of ether oxygens (including phenoxy) is 2.